The molecule has 17 heavy (non-hydrogen) atoms. The fraction of sp³-hybridized carbons (Fsp3) is 0.923. The van der Waals surface area contributed by atoms with Gasteiger partial charge in [-0.3, -0.25) is 4.79 Å². The van der Waals surface area contributed by atoms with E-state index < -0.39 is 0 Å². The molecule has 0 heterocycles. The lowest BCUT2D eigenvalue weighted by Gasteiger charge is -2.37. The van der Waals surface area contributed by atoms with Gasteiger partial charge in [0.05, 0.1) is 11.1 Å². The maximum Gasteiger partial charge on any atom is 0.246 e. The molecule has 4 heteroatoms. The predicted octanol–water partition coefficient (Wildman–Crippen LogP) is 1.58. The molecule has 0 saturated heterocycles. The Bertz CT molecular complexity index is 253. The molecule has 0 aliphatic heterocycles. The molecule has 1 fully saturated rings. The van der Waals surface area contributed by atoms with E-state index in [1.165, 1.54) is 6.42 Å². The van der Waals surface area contributed by atoms with Gasteiger partial charge in [-0.05, 0) is 33.6 Å². The minimum absolute atomic E-state index is 0.0488. The van der Waals surface area contributed by atoms with Crippen molar-refractivity contribution in [3.05, 3.63) is 0 Å². The maximum absolute atomic E-state index is 11.8. The van der Waals surface area contributed by atoms with Crippen molar-refractivity contribution < 1.29 is 9.53 Å². The highest BCUT2D eigenvalue weighted by Gasteiger charge is 2.32. The number of nitrogens with two attached hydrogens (primary N) is 1. The molecule has 1 aliphatic carbocycles. The number of rotatable bonds is 4. The third-order valence-electron chi connectivity index (χ3n) is 3.24. The van der Waals surface area contributed by atoms with Crippen molar-refractivity contribution >= 4 is 5.91 Å². The molecule has 4 nitrogen and oxygen atoms in total. The van der Waals surface area contributed by atoms with Crippen molar-refractivity contribution in [2.45, 2.75) is 64.0 Å². The van der Waals surface area contributed by atoms with Gasteiger partial charge in [0.1, 0.15) is 6.61 Å². The normalized spacial score (nSPS) is 20.0. The van der Waals surface area contributed by atoms with E-state index in [1.54, 1.807) is 0 Å². The summed E-state index contributed by atoms with van der Waals surface area (Å²) < 4.78 is 5.47. The second-order valence-corrected chi connectivity index (χ2v) is 5.99. The lowest BCUT2D eigenvalue weighted by Crippen LogP contribution is -2.55. The molecule has 1 amide bonds. The average molecular weight is 242 g/mol. The van der Waals surface area contributed by atoms with Gasteiger partial charge in [-0.2, -0.15) is 0 Å². The molecule has 0 bridgehead atoms. The maximum atomic E-state index is 11.8. The summed E-state index contributed by atoms with van der Waals surface area (Å²) in [7, 11) is 0. The molecule has 0 atom stereocenters. The molecule has 0 aromatic heterocycles. The first-order valence-electron chi connectivity index (χ1n) is 6.52. The highest BCUT2D eigenvalue weighted by atomic mass is 16.5. The topological polar surface area (TPSA) is 64.3 Å². The quantitative estimate of drug-likeness (QED) is 0.786. The molecular weight excluding hydrogens is 216 g/mol. The van der Waals surface area contributed by atoms with Gasteiger partial charge >= 0.3 is 0 Å². The number of hydrogen-bond acceptors (Lipinski definition) is 3. The van der Waals surface area contributed by atoms with Gasteiger partial charge in [-0.25, -0.2) is 0 Å². The molecule has 0 unspecified atom stereocenters. The molecular formula is C13H26N2O2. The van der Waals surface area contributed by atoms with Crippen LogP contribution in [-0.2, 0) is 9.53 Å². The van der Waals surface area contributed by atoms with Crippen LogP contribution in [0.15, 0.2) is 0 Å². The predicted molar refractivity (Wildman–Crippen MR) is 68.7 cm³/mol. The SMILES string of the molecule is CC(C)(C)OCC(=O)NC1(CN)CCCCC1. The van der Waals surface area contributed by atoms with Crippen LogP contribution in [0.3, 0.4) is 0 Å². The zero-order chi connectivity index (χ0) is 12.9. The summed E-state index contributed by atoms with van der Waals surface area (Å²) in [5.41, 5.74) is 5.35. The van der Waals surface area contributed by atoms with Crippen LogP contribution in [0, 0.1) is 0 Å². The standard InChI is InChI=1S/C13H26N2O2/c1-12(2,3)17-9-11(16)15-13(10-14)7-5-4-6-8-13/h4-10,14H2,1-3H3,(H,15,16). The van der Waals surface area contributed by atoms with E-state index >= 15 is 0 Å². The zero-order valence-corrected chi connectivity index (χ0v) is 11.3. The van der Waals surface area contributed by atoms with Crippen molar-refractivity contribution in [1.82, 2.24) is 5.32 Å². The number of ether oxygens (including phenoxy) is 1. The Morgan fingerprint density at radius 2 is 1.88 bits per heavy atom. The molecule has 3 N–H and O–H groups in total. The molecule has 0 radical (unpaired) electrons. The van der Waals surface area contributed by atoms with Crippen LogP contribution in [0.2, 0.25) is 0 Å². The number of carbonyl (C=O) groups is 1. The van der Waals surface area contributed by atoms with Gasteiger partial charge < -0.3 is 15.8 Å². The Hall–Kier alpha value is -0.610. The van der Waals surface area contributed by atoms with Crippen LogP contribution in [0.4, 0.5) is 0 Å². The van der Waals surface area contributed by atoms with Gasteiger partial charge in [0.25, 0.3) is 0 Å². The Morgan fingerprint density at radius 3 is 2.35 bits per heavy atom. The van der Waals surface area contributed by atoms with Crippen molar-refractivity contribution in [1.29, 1.82) is 0 Å². The number of hydrogen-bond donors (Lipinski definition) is 2. The number of nitrogens with one attached hydrogen (secondary N) is 1. The summed E-state index contributed by atoms with van der Waals surface area (Å²) in [6.07, 6.45) is 5.53. The third kappa shape index (κ3) is 5.04. The summed E-state index contributed by atoms with van der Waals surface area (Å²) in [6.45, 7) is 6.47. The fourth-order valence-electron chi connectivity index (χ4n) is 2.22. The molecule has 0 aromatic carbocycles. The molecule has 1 rings (SSSR count). The zero-order valence-electron chi connectivity index (χ0n) is 11.3. The largest absolute Gasteiger partial charge is 0.366 e. The van der Waals surface area contributed by atoms with E-state index in [2.05, 4.69) is 5.32 Å². The fourth-order valence-corrected chi connectivity index (χ4v) is 2.22. The van der Waals surface area contributed by atoms with E-state index in [-0.39, 0.29) is 23.7 Å². The smallest absolute Gasteiger partial charge is 0.246 e. The van der Waals surface area contributed by atoms with E-state index in [9.17, 15) is 4.79 Å². The monoisotopic (exact) mass is 242 g/mol. The minimum Gasteiger partial charge on any atom is -0.366 e. The van der Waals surface area contributed by atoms with Gasteiger partial charge in [-0.1, -0.05) is 19.3 Å². The number of amides is 1. The first-order valence-corrected chi connectivity index (χ1v) is 6.52. The van der Waals surface area contributed by atoms with Crippen molar-refractivity contribution in [3.63, 3.8) is 0 Å². The van der Waals surface area contributed by atoms with Crippen molar-refractivity contribution in [2.75, 3.05) is 13.2 Å². The van der Waals surface area contributed by atoms with Crippen molar-refractivity contribution in [2.24, 2.45) is 5.73 Å². The molecule has 1 saturated carbocycles. The lowest BCUT2D eigenvalue weighted by atomic mass is 9.81. The minimum atomic E-state index is -0.278. The molecule has 0 spiro atoms. The molecule has 100 valence electrons. The van der Waals surface area contributed by atoms with Crippen LogP contribution in [0.25, 0.3) is 0 Å². The lowest BCUT2D eigenvalue weighted by molar-refractivity contribution is -0.132. The van der Waals surface area contributed by atoms with Crippen molar-refractivity contribution in [3.8, 4) is 0 Å². The van der Waals surface area contributed by atoms with Gasteiger partial charge in [0.2, 0.25) is 5.91 Å². The van der Waals surface area contributed by atoms with E-state index in [0.717, 1.165) is 25.7 Å². The Morgan fingerprint density at radius 1 is 1.29 bits per heavy atom. The first kappa shape index (κ1) is 14.5. The highest BCUT2D eigenvalue weighted by Crippen LogP contribution is 2.27. The Balaban J connectivity index is 2.42. The van der Waals surface area contributed by atoms with Crippen LogP contribution in [0.1, 0.15) is 52.9 Å². The average Bonchev–Trinajstić information content (AvgIpc) is 2.27. The second-order valence-electron chi connectivity index (χ2n) is 5.99. The number of carbonyl (C=O) groups excluding carboxylic acids is 1. The van der Waals surface area contributed by atoms with Gasteiger partial charge in [0.15, 0.2) is 0 Å². The Labute approximate surface area is 104 Å². The summed E-state index contributed by atoms with van der Waals surface area (Å²) in [5, 5.41) is 3.07. The van der Waals surface area contributed by atoms with Crippen LogP contribution < -0.4 is 11.1 Å². The summed E-state index contributed by atoms with van der Waals surface area (Å²) in [5.74, 6) is -0.0488. The van der Waals surface area contributed by atoms with E-state index in [1.807, 2.05) is 20.8 Å². The van der Waals surface area contributed by atoms with Crippen LogP contribution in [-0.4, -0.2) is 30.2 Å². The van der Waals surface area contributed by atoms with Gasteiger partial charge in [0, 0.05) is 6.54 Å². The first-order chi connectivity index (χ1) is 7.87. The van der Waals surface area contributed by atoms with Crippen LogP contribution >= 0.6 is 0 Å². The third-order valence-corrected chi connectivity index (χ3v) is 3.24. The van der Waals surface area contributed by atoms with Crippen LogP contribution in [0.5, 0.6) is 0 Å². The summed E-state index contributed by atoms with van der Waals surface area (Å²) in [4.78, 5) is 11.8. The molecule has 0 aromatic rings. The highest BCUT2D eigenvalue weighted by molar-refractivity contribution is 5.78. The molecule has 1 aliphatic rings. The van der Waals surface area contributed by atoms with E-state index in [4.69, 9.17) is 10.5 Å². The van der Waals surface area contributed by atoms with Gasteiger partial charge in [-0.15, -0.1) is 0 Å². The Kier molecular flexibility index (Phi) is 4.95. The summed E-state index contributed by atoms with van der Waals surface area (Å²) in [6, 6.07) is 0. The second kappa shape index (κ2) is 5.83. The van der Waals surface area contributed by atoms with E-state index in [0.29, 0.717) is 6.54 Å². The summed E-state index contributed by atoms with van der Waals surface area (Å²) >= 11 is 0.